The maximum atomic E-state index is 12.3. The Morgan fingerprint density at radius 3 is 2.54 bits per heavy atom. The minimum absolute atomic E-state index is 0.174. The van der Waals surface area contributed by atoms with E-state index in [0.29, 0.717) is 17.2 Å². The number of carbonyl (C=O) groups excluding carboxylic acids is 2. The van der Waals surface area contributed by atoms with Gasteiger partial charge in [0.1, 0.15) is 5.82 Å². The molecular formula is C21H22N2O3. The lowest BCUT2D eigenvalue weighted by molar-refractivity contribution is 0.0474. The number of hydrogen-bond donors (Lipinski definition) is 1. The first kappa shape index (κ1) is 16.8. The van der Waals surface area contributed by atoms with Crippen molar-refractivity contribution in [3.63, 3.8) is 0 Å². The Kier molecular flexibility index (Phi) is 4.69. The summed E-state index contributed by atoms with van der Waals surface area (Å²) in [6.45, 7) is -0.250. The van der Waals surface area contributed by atoms with Crippen LogP contribution in [0.15, 0.2) is 36.5 Å². The van der Waals surface area contributed by atoms with Gasteiger partial charge in [-0.05, 0) is 67.9 Å². The van der Waals surface area contributed by atoms with Crippen molar-refractivity contribution in [2.24, 2.45) is 0 Å². The Hall–Kier alpha value is -2.69. The molecule has 0 saturated heterocycles. The molecule has 0 spiro atoms. The topological polar surface area (TPSA) is 68.3 Å². The smallest absolute Gasteiger partial charge is 0.340 e. The quantitative estimate of drug-likeness (QED) is 0.637. The van der Waals surface area contributed by atoms with E-state index in [1.807, 2.05) is 18.2 Å². The Labute approximate surface area is 152 Å². The molecule has 5 nitrogen and oxygen atoms in total. The second-order valence-corrected chi connectivity index (χ2v) is 7.04. The van der Waals surface area contributed by atoms with E-state index in [2.05, 4.69) is 10.3 Å². The SMILES string of the molecule is O=C(COC(=O)c1ccc(NC2CC2)nc1)c1ccc2c(c1)CCCC2. The number of nitrogens with one attached hydrogen (secondary N) is 1. The molecule has 5 heteroatoms. The highest BCUT2D eigenvalue weighted by molar-refractivity contribution is 5.99. The molecule has 2 aromatic rings. The molecule has 1 saturated carbocycles. The molecule has 1 aromatic carbocycles. The van der Waals surface area contributed by atoms with Gasteiger partial charge in [-0.25, -0.2) is 9.78 Å². The molecule has 1 heterocycles. The summed E-state index contributed by atoms with van der Waals surface area (Å²) >= 11 is 0. The molecule has 2 aliphatic carbocycles. The number of fused-ring (bicyclic) bond motifs is 1. The van der Waals surface area contributed by atoms with Crippen LogP contribution in [0.25, 0.3) is 0 Å². The van der Waals surface area contributed by atoms with Gasteiger partial charge in [-0.2, -0.15) is 0 Å². The average molecular weight is 350 g/mol. The molecule has 0 aliphatic heterocycles. The fraction of sp³-hybridized carbons (Fsp3) is 0.381. The first-order valence-electron chi connectivity index (χ1n) is 9.24. The lowest BCUT2D eigenvalue weighted by atomic mass is 9.90. The Morgan fingerprint density at radius 1 is 1.04 bits per heavy atom. The van der Waals surface area contributed by atoms with E-state index >= 15 is 0 Å². The van der Waals surface area contributed by atoms with Crippen LogP contribution < -0.4 is 5.32 Å². The van der Waals surface area contributed by atoms with Gasteiger partial charge in [0.15, 0.2) is 12.4 Å². The first-order valence-corrected chi connectivity index (χ1v) is 9.24. The summed E-state index contributed by atoms with van der Waals surface area (Å²) in [7, 11) is 0. The van der Waals surface area contributed by atoms with E-state index in [-0.39, 0.29) is 12.4 Å². The van der Waals surface area contributed by atoms with Crippen molar-refractivity contribution in [1.29, 1.82) is 0 Å². The summed E-state index contributed by atoms with van der Waals surface area (Å²) in [6, 6.07) is 9.75. The van der Waals surface area contributed by atoms with Gasteiger partial charge in [-0.1, -0.05) is 12.1 Å². The number of Topliss-reactive ketones (excluding diaryl/α,β-unsaturated/α-hetero) is 1. The van der Waals surface area contributed by atoms with Gasteiger partial charge >= 0.3 is 5.97 Å². The van der Waals surface area contributed by atoms with E-state index < -0.39 is 5.97 Å². The zero-order chi connectivity index (χ0) is 17.9. The van der Waals surface area contributed by atoms with Crippen molar-refractivity contribution in [1.82, 2.24) is 4.98 Å². The zero-order valence-electron chi connectivity index (χ0n) is 14.7. The summed E-state index contributed by atoms with van der Waals surface area (Å²) in [5.74, 6) is 0.0580. The number of esters is 1. The summed E-state index contributed by atoms with van der Waals surface area (Å²) in [4.78, 5) is 28.7. The average Bonchev–Trinajstić information content (AvgIpc) is 3.50. The molecule has 0 unspecified atom stereocenters. The van der Waals surface area contributed by atoms with Crippen molar-refractivity contribution < 1.29 is 14.3 Å². The minimum atomic E-state index is -0.526. The van der Waals surface area contributed by atoms with Crippen LogP contribution in [-0.4, -0.2) is 29.4 Å². The number of rotatable bonds is 6. The lowest BCUT2D eigenvalue weighted by Crippen LogP contribution is -2.15. The molecule has 0 amide bonds. The van der Waals surface area contributed by atoms with Gasteiger partial charge in [-0.3, -0.25) is 4.79 Å². The van der Waals surface area contributed by atoms with Crippen molar-refractivity contribution >= 4 is 17.6 Å². The van der Waals surface area contributed by atoms with Crippen LogP contribution in [0.3, 0.4) is 0 Å². The third-order valence-electron chi connectivity index (χ3n) is 4.93. The summed E-state index contributed by atoms with van der Waals surface area (Å²) < 4.78 is 5.17. The largest absolute Gasteiger partial charge is 0.454 e. The number of ketones is 1. The van der Waals surface area contributed by atoms with Gasteiger partial charge in [0.25, 0.3) is 0 Å². The zero-order valence-corrected chi connectivity index (χ0v) is 14.7. The number of aryl methyl sites for hydroxylation is 2. The second kappa shape index (κ2) is 7.28. The van der Waals surface area contributed by atoms with Gasteiger partial charge in [-0.15, -0.1) is 0 Å². The molecular weight excluding hydrogens is 328 g/mol. The maximum Gasteiger partial charge on any atom is 0.340 e. The van der Waals surface area contributed by atoms with Gasteiger partial charge in [0.05, 0.1) is 5.56 Å². The van der Waals surface area contributed by atoms with E-state index in [9.17, 15) is 9.59 Å². The highest BCUT2D eigenvalue weighted by Gasteiger charge is 2.21. The van der Waals surface area contributed by atoms with Crippen molar-refractivity contribution in [2.75, 3.05) is 11.9 Å². The summed E-state index contributed by atoms with van der Waals surface area (Å²) in [5, 5.41) is 3.26. The first-order chi connectivity index (χ1) is 12.7. The molecule has 1 fully saturated rings. The Morgan fingerprint density at radius 2 is 1.81 bits per heavy atom. The van der Waals surface area contributed by atoms with E-state index in [4.69, 9.17) is 4.74 Å². The van der Waals surface area contributed by atoms with Crippen LogP contribution in [0.4, 0.5) is 5.82 Å². The molecule has 0 atom stereocenters. The highest BCUT2D eigenvalue weighted by Crippen LogP contribution is 2.24. The molecule has 134 valence electrons. The van der Waals surface area contributed by atoms with Crippen LogP contribution >= 0.6 is 0 Å². The Balaban J connectivity index is 1.34. The molecule has 0 radical (unpaired) electrons. The monoisotopic (exact) mass is 350 g/mol. The Bertz CT molecular complexity index is 826. The predicted octanol–water partition coefficient (Wildman–Crippen LogP) is 3.57. The number of aromatic nitrogens is 1. The van der Waals surface area contributed by atoms with Crippen LogP contribution in [0.2, 0.25) is 0 Å². The molecule has 2 aliphatic rings. The number of nitrogens with zero attached hydrogens (tertiary/aromatic N) is 1. The number of anilines is 1. The highest BCUT2D eigenvalue weighted by atomic mass is 16.5. The van der Waals surface area contributed by atoms with Gasteiger partial charge < -0.3 is 10.1 Å². The lowest BCUT2D eigenvalue weighted by Gasteiger charge is -2.16. The van der Waals surface area contributed by atoms with E-state index in [0.717, 1.165) is 37.9 Å². The third-order valence-corrected chi connectivity index (χ3v) is 4.93. The van der Waals surface area contributed by atoms with E-state index in [1.54, 1.807) is 12.1 Å². The molecule has 1 aromatic heterocycles. The second-order valence-electron chi connectivity index (χ2n) is 7.04. The number of benzene rings is 1. The number of pyridine rings is 1. The number of hydrogen-bond acceptors (Lipinski definition) is 5. The minimum Gasteiger partial charge on any atom is -0.454 e. The normalized spacial score (nSPS) is 15.8. The van der Waals surface area contributed by atoms with E-state index in [1.165, 1.54) is 23.7 Å². The third kappa shape index (κ3) is 3.93. The fourth-order valence-corrected chi connectivity index (χ4v) is 3.24. The molecule has 1 N–H and O–H groups in total. The summed E-state index contributed by atoms with van der Waals surface area (Å²) in [5.41, 5.74) is 3.54. The van der Waals surface area contributed by atoms with Crippen LogP contribution in [0, 0.1) is 0 Å². The molecule has 0 bridgehead atoms. The molecule has 26 heavy (non-hydrogen) atoms. The van der Waals surface area contributed by atoms with Gasteiger partial charge in [0, 0.05) is 17.8 Å². The predicted molar refractivity (Wildman–Crippen MR) is 98.6 cm³/mol. The molecule has 4 rings (SSSR count). The van der Waals surface area contributed by atoms with Crippen LogP contribution in [-0.2, 0) is 17.6 Å². The van der Waals surface area contributed by atoms with Crippen LogP contribution in [0.1, 0.15) is 57.5 Å². The van der Waals surface area contributed by atoms with Crippen LogP contribution in [0.5, 0.6) is 0 Å². The fourth-order valence-electron chi connectivity index (χ4n) is 3.24. The van der Waals surface area contributed by atoms with Crippen molar-refractivity contribution in [3.05, 3.63) is 58.8 Å². The number of carbonyl (C=O) groups is 2. The standard InChI is InChI=1S/C21H22N2O3/c24-19(16-6-5-14-3-1-2-4-15(14)11-16)13-26-21(25)17-7-10-20(22-12-17)23-18-8-9-18/h5-7,10-12,18H,1-4,8-9,13H2,(H,22,23). The summed E-state index contributed by atoms with van der Waals surface area (Å²) in [6.07, 6.45) is 8.28. The number of ether oxygens (including phenoxy) is 1. The van der Waals surface area contributed by atoms with Gasteiger partial charge in [0.2, 0.25) is 0 Å². The van der Waals surface area contributed by atoms with Crippen molar-refractivity contribution in [2.45, 2.75) is 44.6 Å². The van der Waals surface area contributed by atoms with Crippen molar-refractivity contribution in [3.8, 4) is 0 Å². The maximum absolute atomic E-state index is 12.3.